The first-order valence-corrected chi connectivity index (χ1v) is 20.5. The van der Waals surface area contributed by atoms with E-state index in [9.17, 15) is 9.59 Å². The number of aromatic nitrogens is 6. The van der Waals surface area contributed by atoms with E-state index in [1.165, 1.54) is 0 Å². The average Bonchev–Trinajstić information content (AvgIpc) is 4.12. The van der Waals surface area contributed by atoms with Crippen molar-refractivity contribution in [2.24, 2.45) is 14.1 Å². The van der Waals surface area contributed by atoms with Crippen LogP contribution in [-0.4, -0.2) is 98.1 Å². The van der Waals surface area contributed by atoms with Crippen LogP contribution in [0.5, 0.6) is 11.5 Å². The Bertz CT molecular complexity index is 2750. The van der Waals surface area contributed by atoms with Gasteiger partial charge in [0.15, 0.2) is 0 Å². The van der Waals surface area contributed by atoms with Gasteiger partial charge in [-0.2, -0.15) is 10.2 Å². The summed E-state index contributed by atoms with van der Waals surface area (Å²) in [5, 5.41) is 18.8. The SMILES string of the molecule is COc1cccc(CN(CCCN(C)CCOc2cccc(CCNC(=O)c3cn(C)c4cc(-c5cn[nH]c5)ccc34)c2)C(=O)c2cn(C)c3cc(-c4cn[nH]c4)ccc23)c1. The zero-order valence-electron chi connectivity index (χ0n) is 35.0. The number of amides is 2. The Balaban J connectivity index is 0.831. The van der Waals surface area contributed by atoms with Crippen LogP contribution >= 0.6 is 0 Å². The molecular formula is C48H51N9O4. The molecule has 2 amide bonds. The van der Waals surface area contributed by atoms with Gasteiger partial charge in [0.2, 0.25) is 0 Å². The molecule has 0 fully saturated rings. The summed E-state index contributed by atoms with van der Waals surface area (Å²) in [6, 6.07) is 28.2. The lowest BCUT2D eigenvalue weighted by atomic mass is 10.1. The molecule has 13 heteroatoms. The lowest BCUT2D eigenvalue weighted by Gasteiger charge is -2.25. The number of rotatable bonds is 18. The first kappa shape index (κ1) is 40.7. The molecule has 0 saturated carbocycles. The zero-order valence-corrected chi connectivity index (χ0v) is 35.0. The summed E-state index contributed by atoms with van der Waals surface area (Å²) in [5.41, 5.74) is 9.46. The zero-order chi connectivity index (χ0) is 42.3. The average molecular weight is 818 g/mol. The van der Waals surface area contributed by atoms with Crippen LogP contribution in [-0.2, 0) is 27.1 Å². The molecule has 13 nitrogen and oxygen atoms in total. The Labute approximate surface area is 354 Å². The highest BCUT2D eigenvalue weighted by atomic mass is 16.5. The Kier molecular flexibility index (Phi) is 12.3. The van der Waals surface area contributed by atoms with Crippen LogP contribution in [0.1, 0.15) is 38.3 Å². The van der Waals surface area contributed by atoms with Gasteiger partial charge in [-0.05, 0) is 85.1 Å². The highest BCUT2D eigenvalue weighted by Gasteiger charge is 2.22. The van der Waals surface area contributed by atoms with E-state index in [0.29, 0.717) is 43.8 Å². The summed E-state index contributed by atoms with van der Waals surface area (Å²) in [5.74, 6) is 1.45. The molecule has 0 atom stereocenters. The van der Waals surface area contributed by atoms with E-state index in [4.69, 9.17) is 9.47 Å². The molecule has 4 heterocycles. The standard InChI is InChI=1S/C48H51N9O4/c1-54(20-21-61-40-11-5-8-33(22-40)16-17-49-47(58)43-31-55(2)45-24-35(12-14-41(43)45)37-26-50-51-27-37)18-7-19-57(30-34-9-6-10-39(23-34)60-4)48(59)44-32-56(3)46-25-36(13-15-42(44)46)38-28-52-53-29-38/h5-6,8-15,22-29,31-32H,7,16-21,30H2,1-4H3,(H,49,58)(H,50,51)(H,52,53). The van der Waals surface area contributed by atoms with E-state index in [0.717, 1.165) is 86.2 Å². The number of carbonyl (C=O) groups excluding carboxylic acids is 2. The topological polar surface area (TPSA) is 138 Å². The minimum absolute atomic E-state index is 0.0103. The largest absolute Gasteiger partial charge is 0.497 e. The number of ether oxygens (including phenoxy) is 2. The molecule has 312 valence electrons. The Morgan fingerprint density at radius 2 is 1.34 bits per heavy atom. The summed E-state index contributed by atoms with van der Waals surface area (Å²) in [4.78, 5) is 31.8. The Hall–Kier alpha value is -7.12. The Morgan fingerprint density at radius 3 is 2.00 bits per heavy atom. The van der Waals surface area contributed by atoms with Crippen molar-refractivity contribution in [1.29, 1.82) is 0 Å². The van der Waals surface area contributed by atoms with Gasteiger partial charge in [-0.3, -0.25) is 19.8 Å². The fourth-order valence-corrected chi connectivity index (χ4v) is 7.88. The molecular weight excluding hydrogens is 767 g/mol. The number of aromatic amines is 2. The van der Waals surface area contributed by atoms with Gasteiger partial charge in [-0.1, -0.05) is 48.5 Å². The molecule has 0 unspecified atom stereocenters. The van der Waals surface area contributed by atoms with Crippen LogP contribution in [0.2, 0.25) is 0 Å². The van der Waals surface area contributed by atoms with E-state index in [-0.39, 0.29) is 11.8 Å². The van der Waals surface area contributed by atoms with Crippen molar-refractivity contribution in [3.05, 3.63) is 144 Å². The van der Waals surface area contributed by atoms with E-state index in [1.807, 2.05) is 120 Å². The van der Waals surface area contributed by atoms with Gasteiger partial charge in [-0.25, -0.2) is 0 Å². The highest BCUT2D eigenvalue weighted by Crippen LogP contribution is 2.29. The fraction of sp³-hybridized carbons (Fsp3) is 0.250. The van der Waals surface area contributed by atoms with Crippen molar-refractivity contribution in [3.63, 3.8) is 0 Å². The van der Waals surface area contributed by atoms with E-state index in [1.54, 1.807) is 19.5 Å². The maximum absolute atomic E-state index is 14.3. The number of nitrogens with zero attached hydrogens (tertiary/aromatic N) is 6. The van der Waals surface area contributed by atoms with Crippen LogP contribution < -0.4 is 14.8 Å². The number of benzene rings is 4. The number of nitrogens with one attached hydrogen (secondary N) is 3. The first-order valence-electron chi connectivity index (χ1n) is 20.5. The van der Waals surface area contributed by atoms with Crippen molar-refractivity contribution in [1.82, 2.24) is 44.6 Å². The molecule has 0 aliphatic rings. The number of hydrogen-bond acceptors (Lipinski definition) is 7. The normalized spacial score (nSPS) is 11.4. The smallest absolute Gasteiger partial charge is 0.256 e. The molecule has 0 aliphatic heterocycles. The fourth-order valence-electron chi connectivity index (χ4n) is 7.88. The van der Waals surface area contributed by atoms with Crippen LogP contribution in [0.4, 0.5) is 0 Å². The molecule has 0 spiro atoms. The third-order valence-electron chi connectivity index (χ3n) is 11.2. The van der Waals surface area contributed by atoms with E-state index < -0.39 is 0 Å². The second kappa shape index (κ2) is 18.4. The molecule has 3 N–H and O–H groups in total. The number of carbonyl (C=O) groups is 2. The number of aryl methyl sites for hydroxylation is 2. The van der Waals surface area contributed by atoms with Gasteiger partial charge in [0, 0.05) is 98.0 Å². The molecule has 4 aromatic heterocycles. The van der Waals surface area contributed by atoms with Crippen LogP contribution in [0, 0.1) is 0 Å². The molecule has 8 rings (SSSR count). The minimum Gasteiger partial charge on any atom is -0.497 e. The summed E-state index contributed by atoms with van der Waals surface area (Å²) >= 11 is 0. The molecule has 4 aromatic carbocycles. The van der Waals surface area contributed by atoms with Crippen molar-refractivity contribution in [2.75, 3.05) is 46.9 Å². The summed E-state index contributed by atoms with van der Waals surface area (Å²) in [7, 11) is 7.66. The summed E-state index contributed by atoms with van der Waals surface area (Å²) in [6.07, 6.45) is 12.6. The molecule has 0 bridgehead atoms. The molecule has 0 radical (unpaired) electrons. The molecule has 0 saturated heterocycles. The van der Waals surface area contributed by atoms with Crippen LogP contribution in [0.15, 0.2) is 122 Å². The number of methoxy groups -OCH3 is 1. The maximum Gasteiger partial charge on any atom is 0.256 e. The van der Waals surface area contributed by atoms with Gasteiger partial charge in [0.1, 0.15) is 18.1 Å². The summed E-state index contributed by atoms with van der Waals surface area (Å²) in [6.45, 7) is 3.57. The second-order valence-electron chi connectivity index (χ2n) is 15.5. The Morgan fingerprint density at radius 1 is 0.721 bits per heavy atom. The monoisotopic (exact) mass is 817 g/mol. The van der Waals surface area contributed by atoms with Crippen molar-refractivity contribution in [2.45, 2.75) is 19.4 Å². The van der Waals surface area contributed by atoms with E-state index >= 15 is 0 Å². The second-order valence-corrected chi connectivity index (χ2v) is 15.5. The first-order chi connectivity index (χ1) is 29.7. The molecule has 8 aromatic rings. The highest BCUT2D eigenvalue weighted by molar-refractivity contribution is 6.08. The van der Waals surface area contributed by atoms with Crippen molar-refractivity contribution < 1.29 is 19.1 Å². The van der Waals surface area contributed by atoms with Gasteiger partial charge < -0.3 is 33.7 Å². The number of hydrogen-bond donors (Lipinski definition) is 3. The molecule has 0 aliphatic carbocycles. The van der Waals surface area contributed by atoms with Crippen LogP contribution in [0.25, 0.3) is 44.1 Å². The lowest BCUT2D eigenvalue weighted by Crippen LogP contribution is -2.34. The van der Waals surface area contributed by atoms with Gasteiger partial charge in [0.25, 0.3) is 11.8 Å². The van der Waals surface area contributed by atoms with E-state index in [2.05, 4.69) is 55.9 Å². The predicted molar refractivity (Wildman–Crippen MR) is 239 cm³/mol. The third kappa shape index (κ3) is 9.37. The third-order valence-corrected chi connectivity index (χ3v) is 11.2. The summed E-state index contributed by atoms with van der Waals surface area (Å²) < 4.78 is 15.7. The number of fused-ring (bicyclic) bond motifs is 2. The van der Waals surface area contributed by atoms with Crippen molar-refractivity contribution in [3.8, 4) is 33.8 Å². The number of likely N-dealkylation sites (N-methyl/N-ethyl adjacent to an activating group) is 1. The lowest BCUT2D eigenvalue weighted by molar-refractivity contribution is 0.0736. The quantitative estimate of drug-likeness (QED) is 0.0817. The minimum atomic E-state index is -0.0983. The van der Waals surface area contributed by atoms with Gasteiger partial charge >= 0.3 is 0 Å². The van der Waals surface area contributed by atoms with Gasteiger partial charge in [0.05, 0.1) is 30.6 Å². The van der Waals surface area contributed by atoms with Gasteiger partial charge in [-0.15, -0.1) is 0 Å². The van der Waals surface area contributed by atoms with Crippen LogP contribution in [0.3, 0.4) is 0 Å². The molecule has 61 heavy (non-hydrogen) atoms. The van der Waals surface area contributed by atoms with Crippen molar-refractivity contribution >= 4 is 33.6 Å². The maximum atomic E-state index is 14.3. The number of H-pyrrole nitrogens is 2. The predicted octanol–water partition coefficient (Wildman–Crippen LogP) is 7.47.